The van der Waals surface area contributed by atoms with Crippen molar-refractivity contribution in [3.8, 4) is 17.2 Å². The second-order valence-corrected chi connectivity index (χ2v) is 10.5. The van der Waals surface area contributed by atoms with E-state index in [0.717, 1.165) is 60.2 Å². The zero-order valence-corrected chi connectivity index (χ0v) is 23.2. The van der Waals surface area contributed by atoms with Gasteiger partial charge >= 0.3 is 0 Å². The Balaban J connectivity index is 1.25. The Labute approximate surface area is 231 Å². The second kappa shape index (κ2) is 12.8. The number of piperidine rings is 1. The van der Waals surface area contributed by atoms with Crippen molar-refractivity contribution in [1.29, 1.82) is 0 Å². The maximum Gasteiger partial charge on any atom is 0.142 e. The van der Waals surface area contributed by atoms with E-state index in [9.17, 15) is 5.11 Å². The fourth-order valence-corrected chi connectivity index (χ4v) is 5.39. The van der Waals surface area contributed by atoms with E-state index in [0.29, 0.717) is 26.3 Å². The standard InChI is InChI=1S/C32H40N2O5/c1-22-5-9-27(17-23(22)2)39-26-10-7-25(8-11-26)32-29(35)19-33-20-31(32)38-21-24-6-12-30-28(18-24)34(14-16-37-30)13-4-15-36-3/h5-12,17-18,29,31-33,35H,4,13-16,19-21H2,1-3H3/t29-,31+,32+/m1/s1. The van der Waals surface area contributed by atoms with Crippen LogP contribution in [0.4, 0.5) is 5.69 Å². The summed E-state index contributed by atoms with van der Waals surface area (Å²) >= 11 is 0. The van der Waals surface area contributed by atoms with E-state index in [1.165, 1.54) is 11.1 Å². The monoisotopic (exact) mass is 532 g/mol. The molecule has 0 radical (unpaired) electrons. The number of hydrogen-bond donors (Lipinski definition) is 2. The minimum absolute atomic E-state index is 0.131. The van der Waals surface area contributed by atoms with Gasteiger partial charge in [-0.15, -0.1) is 0 Å². The lowest BCUT2D eigenvalue weighted by Gasteiger charge is -2.36. The van der Waals surface area contributed by atoms with Crippen LogP contribution in [0.3, 0.4) is 0 Å². The van der Waals surface area contributed by atoms with Crippen LogP contribution in [-0.4, -0.2) is 63.8 Å². The predicted octanol–water partition coefficient (Wildman–Crippen LogP) is 4.96. The van der Waals surface area contributed by atoms with Crippen molar-refractivity contribution in [3.05, 3.63) is 82.9 Å². The molecule has 2 aliphatic rings. The second-order valence-electron chi connectivity index (χ2n) is 10.5. The maximum atomic E-state index is 10.9. The normalized spacial score (nSPS) is 20.8. The molecule has 1 saturated heterocycles. The Morgan fingerprint density at radius 1 is 0.974 bits per heavy atom. The number of ether oxygens (including phenoxy) is 4. The molecule has 5 rings (SSSR count). The molecule has 0 aromatic heterocycles. The molecule has 0 saturated carbocycles. The molecular weight excluding hydrogens is 492 g/mol. The molecule has 0 unspecified atom stereocenters. The molecule has 1 fully saturated rings. The largest absolute Gasteiger partial charge is 0.490 e. The summed E-state index contributed by atoms with van der Waals surface area (Å²) in [6.45, 7) is 9.09. The SMILES string of the molecule is COCCCN1CCOc2ccc(CO[C@H]3CNC[C@@H](O)[C@@H]3c3ccc(Oc4ccc(C)c(C)c4)cc3)cc21. The summed E-state index contributed by atoms with van der Waals surface area (Å²) in [5.41, 5.74) is 5.69. The molecule has 3 aromatic rings. The number of rotatable bonds is 10. The van der Waals surface area contributed by atoms with Crippen molar-refractivity contribution in [2.45, 2.75) is 45.0 Å². The zero-order chi connectivity index (χ0) is 27.2. The van der Waals surface area contributed by atoms with Crippen LogP contribution in [0.5, 0.6) is 17.2 Å². The summed E-state index contributed by atoms with van der Waals surface area (Å²) in [4.78, 5) is 2.36. The molecule has 0 spiro atoms. The van der Waals surface area contributed by atoms with Crippen molar-refractivity contribution >= 4 is 5.69 Å². The fourth-order valence-electron chi connectivity index (χ4n) is 5.39. The van der Waals surface area contributed by atoms with E-state index < -0.39 is 6.10 Å². The van der Waals surface area contributed by atoms with Gasteiger partial charge in [0, 0.05) is 39.3 Å². The summed E-state index contributed by atoms with van der Waals surface area (Å²) in [5.74, 6) is 2.38. The summed E-state index contributed by atoms with van der Waals surface area (Å²) < 4.78 is 23.6. The van der Waals surface area contributed by atoms with Gasteiger partial charge in [0.1, 0.15) is 23.9 Å². The third-order valence-corrected chi connectivity index (χ3v) is 7.72. The van der Waals surface area contributed by atoms with Gasteiger partial charge in [0.2, 0.25) is 0 Å². The zero-order valence-electron chi connectivity index (χ0n) is 23.2. The van der Waals surface area contributed by atoms with Crippen molar-refractivity contribution in [2.24, 2.45) is 0 Å². The first-order chi connectivity index (χ1) is 19.0. The summed E-state index contributed by atoms with van der Waals surface area (Å²) in [5, 5.41) is 14.3. The van der Waals surface area contributed by atoms with Crippen LogP contribution >= 0.6 is 0 Å². The third kappa shape index (κ3) is 6.73. The van der Waals surface area contributed by atoms with E-state index in [4.69, 9.17) is 18.9 Å². The summed E-state index contributed by atoms with van der Waals surface area (Å²) in [6, 6.07) is 20.4. The Bertz CT molecular complexity index is 1230. The molecule has 0 aliphatic carbocycles. The van der Waals surface area contributed by atoms with Crippen LogP contribution in [-0.2, 0) is 16.1 Å². The van der Waals surface area contributed by atoms with Gasteiger partial charge < -0.3 is 34.3 Å². The predicted molar refractivity (Wildman–Crippen MR) is 153 cm³/mol. The third-order valence-electron chi connectivity index (χ3n) is 7.72. The van der Waals surface area contributed by atoms with Crippen LogP contribution in [0, 0.1) is 13.8 Å². The van der Waals surface area contributed by atoms with Gasteiger partial charge in [-0.1, -0.05) is 24.3 Å². The van der Waals surface area contributed by atoms with Gasteiger partial charge in [-0.3, -0.25) is 0 Å². The highest BCUT2D eigenvalue weighted by atomic mass is 16.5. The number of methoxy groups -OCH3 is 1. The average Bonchev–Trinajstić information content (AvgIpc) is 2.95. The highest BCUT2D eigenvalue weighted by molar-refractivity contribution is 5.61. The van der Waals surface area contributed by atoms with Gasteiger partial charge in [0.05, 0.1) is 31.0 Å². The molecule has 208 valence electrons. The van der Waals surface area contributed by atoms with Gasteiger partial charge in [0.15, 0.2) is 0 Å². The number of anilines is 1. The highest BCUT2D eigenvalue weighted by Crippen LogP contribution is 2.35. The first-order valence-electron chi connectivity index (χ1n) is 13.9. The maximum absolute atomic E-state index is 10.9. The first-order valence-corrected chi connectivity index (χ1v) is 13.9. The summed E-state index contributed by atoms with van der Waals surface area (Å²) in [7, 11) is 1.74. The van der Waals surface area contributed by atoms with Crippen LogP contribution in [0.1, 0.15) is 34.6 Å². The number of nitrogens with one attached hydrogen (secondary N) is 1. The average molecular weight is 533 g/mol. The Hall–Kier alpha value is -3.10. The molecule has 7 heteroatoms. The first kappa shape index (κ1) is 27.5. The molecule has 3 atom stereocenters. The van der Waals surface area contributed by atoms with E-state index in [-0.39, 0.29) is 12.0 Å². The number of aliphatic hydroxyl groups excluding tert-OH is 1. The molecule has 0 bridgehead atoms. The number of hydrogen-bond acceptors (Lipinski definition) is 7. The highest BCUT2D eigenvalue weighted by Gasteiger charge is 2.34. The summed E-state index contributed by atoms with van der Waals surface area (Å²) in [6.07, 6.45) is 0.271. The molecule has 7 nitrogen and oxygen atoms in total. The molecule has 2 N–H and O–H groups in total. The number of β-amino-alcohol motifs (C(OH)–C–C–N with tert-alkyl or cyclic N) is 1. The van der Waals surface area contributed by atoms with Gasteiger partial charge in [-0.05, 0) is 78.9 Å². The van der Waals surface area contributed by atoms with Crippen molar-refractivity contribution < 1.29 is 24.1 Å². The Kier molecular flexibility index (Phi) is 9.04. The lowest BCUT2D eigenvalue weighted by Crippen LogP contribution is -2.49. The van der Waals surface area contributed by atoms with E-state index >= 15 is 0 Å². The Morgan fingerprint density at radius 3 is 2.59 bits per heavy atom. The van der Waals surface area contributed by atoms with Crippen LogP contribution in [0.25, 0.3) is 0 Å². The minimum Gasteiger partial charge on any atom is -0.490 e. The van der Waals surface area contributed by atoms with E-state index in [2.05, 4.69) is 48.3 Å². The molecule has 2 aliphatic heterocycles. The lowest BCUT2D eigenvalue weighted by molar-refractivity contribution is -0.0328. The molecular formula is C32H40N2O5. The van der Waals surface area contributed by atoms with E-state index in [1.54, 1.807) is 7.11 Å². The van der Waals surface area contributed by atoms with Crippen molar-refractivity contribution in [1.82, 2.24) is 5.32 Å². The molecule has 2 heterocycles. The van der Waals surface area contributed by atoms with E-state index in [1.807, 2.05) is 36.4 Å². The van der Waals surface area contributed by atoms with Crippen LogP contribution < -0.4 is 19.7 Å². The van der Waals surface area contributed by atoms with Gasteiger partial charge in [-0.2, -0.15) is 0 Å². The van der Waals surface area contributed by atoms with Crippen LogP contribution in [0.2, 0.25) is 0 Å². The van der Waals surface area contributed by atoms with Crippen LogP contribution in [0.15, 0.2) is 60.7 Å². The number of benzene rings is 3. The fraction of sp³-hybridized carbons (Fsp3) is 0.438. The molecule has 39 heavy (non-hydrogen) atoms. The number of fused-ring (bicyclic) bond motifs is 1. The van der Waals surface area contributed by atoms with Gasteiger partial charge in [-0.25, -0.2) is 0 Å². The minimum atomic E-state index is -0.538. The number of aliphatic hydroxyl groups is 1. The topological polar surface area (TPSA) is 72.4 Å². The van der Waals surface area contributed by atoms with Gasteiger partial charge in [0.25, 0.3) is 0 Å². The lowest BCUT2D eigenvalue weighted by atomic mass is 9.85. The molecule has 3 aromatic carbocycles. The van der Waals surface area contributed by atoms with Crippen molar-refractivity contribution in [2.75, 3.05) is 51.4 Å². The smallest absolute Gasteiger partial charge is 0.142 e. The molecule has 0 amide bonds. The number of aryl methyl sites for hydroxylation is 2. The number of nitrogens with zero attached hydrogens (tertiary/aromatic N) is 1. The quantitative estimate of drug-likeness (QED) is 0.358. The Morgan fingerprint density at radius 2 is 1.79 bits per heavy atom. The van der Waals surface area contributed by atoms with Crippen molar-refractivity contribution in [3.63, 3.8) is 0 Å².